The molecule has 0 aliphatic carbocycles. The number of fused-ring (bicyclic) bond motifs is 1. The summed E-state index contributed by atoms with van der Waals surface area (Å²) in [4.78, 5) is 11.3. The van der Waals surface area contributed by atoms with Crippen LogP contribution >= 0.6 is 23.2 Å². The Morgan fingerprint density at radius 3 is 2.57 bits per heavy atom. The zero-order chi connectivity index (χ0) is 15.0. The average Bonchev–Trinajstić information content (AvgIpc) is 2.88. The van der Waals surface area contributed by atoms with E-state index >= 15 is 0 Å². The number of para-hydroxylation sites is 1. The molecule has 21 heavy (non-hydrogen) atoms. The maximum absolute atomic E-state index is 12.3. The van der Waals surface area contributed by atoms with E-state index in [1.165, 1.54) is 24.8 Å². The van der Waals surface area contributed by atoms with Crippen molar-refractivity contribution < 1.29 is 8.42 Å². The number of nitrogens with one attached hydrogen (secondary N) is 1. The topological polar surface area (TPSA) is 102 Å². The molecule has 3 aromatic rings. The van der Waals surface area contributed by atoms with Crippen LogP contribution in [0.15, 0.2) is 36.0 Å². The molecule has 0 saturated heterocycles. The third kappa shape index (κ3) is 2.62. The van der Waals surface area contributed by atoms with Gasteiger partial charge in [-0.15, -0.1) is 5.10 Å². The van der Waals surface area contributed by atoms with Gasteiger partial charge in [-0.3, -0.25) is 4.72 Å². The molecule has 0 amide bonds. The van der Waals surface area contributed by atoms with Crippen molar-refractivity contribution in [2.75, 3.05) is 4.72 Å². The molecule has 0 aliphatic rings. The van der Waals surface area contributed by atoms with Crippen LogP contribution in [0.5, 0.6) is 0 Å². The van der Waals surface area contributed by atoms with Crippen LogP contribution in [0.25, 0.3) is 5.78 Å². The lowest BCUT2D eigenvalue weighted by Crippen LogP contribution is -2.15. The predicted molar refractivity (Wildman–Crippen MR) is 75.8 cm³/mol. The van der Waals surface area contributed by atoms with Crippen molar-refractivity contribution >= 4 is 44.7 Å². The van der Waals surface area contributed by atoms with E-state index in [9.17, 15) is 8.42 Å². The molecule has 2 aromatic heterocycles. The fourth-order valence-corrected chi connectivity index (χ4v) is 3.11. The smallest absolute Gasteiger partial charge is 0.274 e. The maximum Gasteiger partial charge on any atom is 0.299 e. The van der Waals surface area contributed by atoms with Gasteiger partial charge in [-0.1, -0.05) is 29.3 Å². The highest BCUT2D eigenvalue weighted by molar-refractivity contribution is 7.92. The van der Waals surface area contributed by atoms with E-state index in [2.05, 4.69) is 24.8 Å². The molecule has 8 nitrogen and oxygen atoms in total. The monoisotopic (exact) mass is 344 g/mol. The molecule has 108 valence electrons. The summed E-state index contributed by atoms with van der Waals surface area (Å²) in [6.45, 7) is 0. The summed E-state index contributed by atoms with van der Waals surface area (Å²) in [6, 6.07) is 4.61. The highest BCUT2D eigenvalue weighted by Crippen LogP contribution is 2.31. The summed E-state index contributed by atoms with van der Waals surface area (Å²) in [5, 5.41) is 3.65. The molecule has 0 unspecified atom stereocenters. The first-order chi connectivity index (χ1) is 9.97. The second-order valence-electron chi connectivity index (χ2n) is 3.85. The third-order valence-electron chi connectivity index (χ3n) is 2.45. The Kier molecular flexibility index (Phi) is 3.40. The summed E-state index contributed by atoms with van der Waals surface area (Å²) in [7, 11) is -4.05. The summed E-state index contributed by atoms with van der Waals surface area (Å²) in [6.07, 6.45) is 2.52. The Labute approximate surface area is 128 Å². The van der Waals surface area contributed by atoms with Gasteiger partial charge >= 0.3 is 0 Å². The maximum atomic E-state index is 12.3. The van der Waals surface area contributed by atoms with Gasteiger partial charge in [0.15, 0.2) is 0 Å². The van der Waals surface area contributed by atoms with E-state index in [1.54, 1.807) is 6.07 Å². The van der Waals surface area contributed by atoms with Crippen molar-refractivity contribution in [3.63, 3.8) is 0 Å². The molecule has 0 bridgehead atoms. The van der Waals surface area contributed by atoms with E-state index in [0.717, 1.165) is 4.52 Å². The normalized spacial score (nSPS) is 11.7. The first-order valence-electron chi connectivity index (χ1n) is 5.46. The Balaban J connectivity index is 2.04. The molecular weight excluding hydrogens is 339 g/mol. The van der Waals surface area contributed by atoms with Gasteiger partial charge < -0.3 is 0 Å². The molecule has 1 N–H and O–H groups in total. The Hall–Kier alpha value is -1.97. The third-order valence-corrected chi connectivity index (χ3v) is 4.21. The summed E-state index contributed by atoms with van der Waals surface area (Å²) < 4.78 is 27.9. The van der Waals surface area contributed by atoms with E-state index in [4.69, 9.17) is 23.2 Å². The van der Waals surface area contributed by atoms with Crippen LogP contribution in [0.4, 0.5) is 5.69 Å². The molecule has 0 atom stereocenters. The van der Waals surface area contributed by atoms with Gasteiger partial charge in [0, 0.05) is 0 Å². The highest BCUT2D eigenvalue weighted by atomic mass is 35.5. The van der Waals surface area contributed by atoms with Crippen LogP contribution < -0.4 is 4.72 Å². The number of benzene rings is 1. The molecule has 2 heterocycles. The van der Waals surface area contributed by atoms with Gasteiger partial charge in [-0.2, -0.15) is 22.9 Å². The zero-order valence-corrected chi connectivity index (χ0v) is 12.4. The Morgan fingerprint density at radius 1 is 1.19 bits per heavy atom. The van der Waals surface area contributed by atoms with Crippen LogP contribution in [-0.4, -0.2) is 33.0 Å². The van der Waals surface area contributed by atoms with Gasteiger partial charge in [0.25, 0.3) is 21.0 Å². The largest absolute Gasteiger partial charge is 0.299 e. The Morgan fingerprint density at radius 2 is 1.90 bits per heavy atom. The van der Waals surface area contributed by atoms with Gasteiger partial charge in [0.2, 0.25) is 0 Å². The van der Waals surface area contributed by atoms with Gasteiger partial charge in [-0.25, -0.2) is 4.98 Å². The molecule has 1 aromatic carbocycles. The fraction of sp³-hybridized carbons (Fsp3) is 0. The van der Waals surface area contributed by atoms with E-state index < -0.39 is 15.2 Å². The second kappa shape index (κ2) is 5.10. The number of sulfonamides is 1. The van der Waals surface area contributed by atoms with Crippen LogP contribution in [0.2, 0.25) is 10.0 Å². The van der Waals surface area contributed by atoms with Crippen molar-refractivity contribution in [1.29, 1.82) is 0 Å². The molecule has 0 fully saturated rings. The van der Waals surface area contributed by atoms with Crippen LogP contribution in [0, 0.1) is 0 Å². The zero-order valence-electron chi connectivity index (χ0n) is 10.1. The van der Waals surface area contributed by atoms with Crippen molar-refractivity contribution in [1.82, 2.24) is 24.6 Å². The number of hydrogen-bond acceptors (Lipinski definition) is 6. The number of anilines is 1. The van der Waals surface area contributed by atoms with Crippen molar-refractivity contribution in [3.8, 4) is 0 Å². The number of rotatable bonds is 3. The second-order valence-corrected chi connectivity index (χ2v) is 6.24. The lowest BCUT2D eigenvalue weighted by molar-refractivity contribution is 0.592. The molecule has 11 heteroatoms. The lowest BCUT2D eigenvalue weighted by Gasteiger charge is -2.08. The molecule has 0 aliphatic heterocycles. The minimum Gasteiger partial charge on any atom is -0.274 e. The standard InChI is InChI=1S/C10H6Cl2N6O2S/c11-6-2-1-3-7(12)8(6)17-21(19,20)10-15-9-14-4-13-5-18(9)16-10/h1-5,17H. The molecule has 0 radical (unpaired) electrons. The fourth-order valence-electron chi connectivity index (χ4n) is 1.53. The Bertz CT molecular complexity index is 873. The summed E-state index contributed by atoms with van der Waals surface area (Å²) in [5.41, 5.74) is 0.0609. The predicted octanol–water partition coefficient (Wildman–Crippen LogP) is 1.63. The minimum atomic E-state index is -4.05. The number of hydrogen-bond donors (Lipinski definition) is 1. The van der Waals surface area contributed by atoms with Crippen molar-refractivity contribution in [3.05, 3.63) is 40.9 Å². The van der Waals surface area contributed by atoms with Crippen LogP contribution in [0.1, 0.15) is 0 Å². The SMILES string of the molecule is O=S(=O)(Nc1c(Cl)cccc1Cl)c1nc2ncncn2n1. The van der Waals surface area contributed by atoms with Gasteiger partial charge in [0.05, 0.1) is 15.7 Å². The average molecular weight is 345 g/mol. The van der Waals surface area contributed by atoms with Crippen LogP contribution in [-0.2, 0) is 10.0 Å². The van der Waals surface area contributed by atoms with E-state index in [0.29, 0.717) is 0 Å². The van der Waals surface area contributed by atoms with Gasteiger partial charge in [0.1, 0.15) is 12.7 Å². The number of nitrogens with zero attached hydrogens (tertiary/aromatic N) is 5. The van der Waals surface area contributed by atoms with Crippen molar-refractivity contribution in [2.45, 2.75) is 5.16 Å². The number of halogens is 2. The summed E-state index contributed by atoms with van der Waals surface area (Å²) >= 11 is 11.8. The van der Waals surface area contributed by atoms with Crippen LogP contribution in [0.3, 0.4) is 0 Å². The first kappa shape index (κ1) is 14.0. The van der Waals surface area contributed by atoms with E-state index in [1.807, 2.05) is 0 Å². The highest BCUT2D eigenvalue weighted by Gasteiger charge is 2.23. The van der Waals surface area contributed by atoms with Crippen molar-refractivity contribution in [2.24, 2.45) is 0 Å². The lowest BCUT2D eigenvalue weighted by atomic mass is 10.3. The quantitative estimate of drug-likeness (QED) is 0.774. The van der Waals surface area contributed by atoms with Gasteiger partial charge in [-0.05, 0) is 12.1 Å². The molecule has 0 saturated carbocycles. The summed E-state index contributed by atoms with van der Waals surface area (Å²) in [5.74, 6) is 0.107. The van der Waals surface area contributed by atoms with E-state index in [-0.39, 0.29) is 21.5 Å². The number of aromatic nitrogens is 5. The molecular formula is C10H6Cl2N6O2S. The molecule has 3 rings (SSSR count). The first-order valence-corrected chi connectivity index (χ1v) is 7.70. The molecule has 0 spiro atoms. The minimum absolute atomic E-state index is 0.0609.